The summed E-state index contributed by atoms with van der Waals surface area (Å²) in [6.07, 6.45) is 0. The molecule has 8 heteroatoms. The number of nitrogens with one attached hydrogen (secondary N) is 2. The molecular weight excluding hydrogens is 340 g/mol. The quantitative estimate of drug-likeness (QED) is 0.852. The molecule has 26 heavy (non-hydrogen) atoms. The molecule has 1 aliphatic heterocycles. The van der Waals surface area contributed by atoms with Gasteiger partial charge >= 0.3 is 0 Å². The zero-order valence-electron chi connectivity index (χ0n) is 14.5. The summed E-state index contributed by atoms with van der Waals surface area (Å²) in [7, 11) is 4.44. The highest BCUT2D eigenvalue weighted by Gasteiger charge is 2.19. The van der Waals surface area contributed by atoms with Gasteiger partial charge in [0.25, 0.3) is 11.8 Å². The van der Waals surface area contributed by atoms with Crippen LogP contribution in [0, 0.1) is 0 Å². The molecule has 0 atom stereocenters. The van der Waals surface area contributed by atoms with Crippen LogP contribution in [0.4, 0.5) is 11.4 Å². The highest BCUT2D eigenvalue weighted by atomic mass is 16.5. The van der Waals surface area contributed by atoms with E-state index >= 15 is 0 Å². The Hall–Kier alpha value is -3.42. The lowest BCUT2D eigenvalue weighted by Crippen LogP contribution is -2.25. The first-order chi connectivity index (χ1) is 12.5. The molecule has 0 unspecified atom stereocenters. The summed E-state index contributed by atoms with van der Waals surface area (Å²) in [6, 6.07) is 8.11. The van der Waals surface area contributed by atoms with Gasteiger partial charge in [0.15, 0.2) is 18.1 Å². The Balaban J connectivity index is 1.86. The highest BCUT2D eigenvalue weighted by molar-refractivity contribution is 6.06. The van der Waals surface area contributed by atoms with Crippen LogP contribution in [0.2, 0.25) is 0 Å². The summed E-state index contributed by atoms with van der Waals surface area (Å²) >= 11 is 0. The van der Waals surface area contributed by atoms with Crippen molar-refractivity contribution in [2.24, 2.45) is 0 Å². The van der Waals surface area contributed by atoms with Gasteiger partial charge in [0.1, 0.15) is 5.75 Å². The Kier molecular flexibility index (Phi) is 4.83. The van der Waals surface area contributed by atoms with E-state index in [0.29, 0.717) is 39.9 Å². The number of benzene rings is 2. The SMILES string of the molecule is COc1cc(C(=O)Nc2ccc3c(c2)NC(=O)CO3)cc(OC)c1OC. The second-order valence-electron chi connectivity index (χ2n) is 5.42. The van der Waals surface area contributed by atoms with E-state index in [0.717, 1.165) is 0 Å². The van der Waals surface area contributed by atoms with Crippen molar-refractivity contribution >= 4 is 23.2 Å². The fourth-order valence-electron chi connectivity index (χ4n) is 2.58. The predicted molar refractivity (Wildman–Crippen MR) is 94.6 cm³/mol. The summed E-state index contributed by atoms with van der Waals surface area (Å²) in [5.41, 5.74) is 1.34. The molecule has 0 spiro atoms. The summed E-state index contributed by atoms with van der Waals surface area (Å²) < 4.78 is 21.1. The first-order valence-electron chi connectivity index (χ1n) is 7.73. The van der Waals surface area contributed by atoms with Crippen LogP contribution in [-0.4, -0.2) is 39.8 Å². The molecule has 0 saturated heterocycles. The maximum absolute atomic E-state index is 12.6. The van der Waals surface area contributed by atoms with Gasteiger partial charge in [0.2, 0.25) is 5.75 Å². The second kappa shape index (κ2) is 7.22. The molecule has 2 amide bonds. The molecule has 2 aromatic rings. The van der Waals surface area contributed by atoms with Crippen molar-refractivity contribution < 1.29 is 28.5 Å². The van der Waals surface area contributed by atoms with Crippen LogP contribution in [0.25, 0.3) is 0 Å². The van der Waals surface area contributed by atoms with Gasteiger partial charge in [-0.3, -0.25) is 9.59 Å². The lowest BCUT2D eigenvalue weighted by atomic mass is 10.1. The highest BCUT2D eigenvalue weighted by Crippen LogP contribution is 2.38. The topological polar surface area (TPSA) is 95.1 Å². The average Bonchev–Trinajstić information content (AvgIpc) is 2.66. The molecular formula is C18H18N2O6. The zero-order chi connectivity index (χ0) is 18.7. The minimum absolute atomic E-state index is 0.0237. The van der Waals surface area contributed by atoms with Crippen LogP contribution in [0.5, 0.6) is 23.0 Å². The van der Waals surface area contributed by atoms with Gasteiger partial charge in [0, 0.05) is 11.3 Å². The first kappa shape index (κ1) is 17.4. The standard InChI is InChI=1S/C18H18N2O6/c1-23-14-6-10(7-15(24-2)17(14)25-3)18(22)19-11-4-5-13-12(8-11)20-16(21)9-26-13/h4-8H,9H2,1-3H3,(H,19,22)(H,20,21). The van der Waals surface area contributed by atoms with Gasteiger partial charge in [-0.15, -0.1) is 0 Å². The number of carbonyl (C=O) groups excluding carboxylic acids is 2. The van der Waals surface area contributed by atoms with Gasteiger partial charge < -0.3 is 29.6 Å². The van der Waals surface area contributed by atoms with Gasteiger partial charge in [-0.05, 0) is 30.3 Å². The third-order valence-corrected chi connectivity index (χ3v) is 3.80. The van der Waals surface area contributed by atoms with E-state index < -0.39 is 0 Å². The van der Waals surface area contributed by atoms with Crippen LogP contribution in [-0.2, 0) is 4.79 Å². The summed E-state index contributed by atoms with van der Waals surface area (Å²) in [6.45, 7) is -0.0237. The van der Waals surface area contributed by atoms with E-state index in [9.17, 15) is 9.59 Å². The molecule has 136 valence electrons. The maximum atomic E-state index is 12.6. The van der Waals surface area contributed by atoms with Crippen molar-refractivity contribution in [3.8, 4) is 23.0 Å². The van der Waals surface area contributed by atoms with Gasteiger partial charge in [-0.1, -0.05) is 0 Å². The minimum atomic E-state index is -0.368. The van der Waals surface area contributed by atoms with Crippen molar-refractivity contribution in [2.45, 2.75) is 0 Å². The Morgan fingerprint density at radius 3 is 2.38 bits per heavy atom. The first-order valence-corrected chi connectivity index (χ1v) is 7.73. The number of anilines is 2. The van der Waals surface area contributed by atoms with Crippen molar-refractivity contribution in [3.63, 3.8) is 0 Å². The fourth-order valence-corrected chi connectivity index (χ4v) is 2.58. The Bertz CT molecular complexity index is 840. The molecule has 0 saturated carbocycles. The molecule has 0 radical (unpaired) electrons. The smallest absolute Gasteiger partial charge is 0.262 e. The lowest BCUT2D eigenvalue weighted by molar-refractivity contribution is -0.118. The third kappa shape index (κ3) is 3.34. The third-order valence-electron chi connectivity index (χ3n) is 3.80. The molecule has 1 aliphatic rings. The van der Waals surface area contributed by atoms with E-state index in [2.05, 4.69) is 10.6 Å². The molecule has 8 nitrogen and oxygen atoms in total. The molecule has 3 rings (SSSR count). The number of methoxy groups -OCH3 is 3. The molecule has 1 heterocycles. The largest absolute Gasteiger partial charge is 0.493 e. The molecule has 0 fully saturated rings. The van der Waals surface area contributed by atoms with Gasteiger partial charge in [-0.2, -0.15) is 0 Å². The summed E-state index contributed by atoms with van der Waals surface area (Å²) in [5.74, 6) is 1.10. The van der Waals surface area contributed by atoms with E-state index in [-0.39, 0.29) is 18.4 Å². The molecule has 0 aliphatic carbocycles. The minimum Gasteiger partial charge on any atom is -0.493 e. The number of rotatable bonds is 5. The number of hydrogen-bond donors (Lipinski definition) is 2. The molecule has 0 aromatic heterocycles. The van der Waals surface area contributed by atoms with E-state index in [1.807, 2.05) is 0 Å². The van der Waals surface area contributed by atoms with Gasteiger partial charge in [-0.25, -0.2) is 0 Å². The van der Waals surface area contributed by atoms with E-state index in [1.165, 1.54) is 21.3 Å². The molecule has 0 bridgehead atoms. The Morgan fingerprint density at radius 1 is 1.08 bits per heavy atom. The van der Waals surface area contributed by atoms with Crippen LogP contribution >= 0.6 is 0 Å². The number of ether oxygens (including phenoxy) is 4. The Morgan fingerprint density at radius 2 is 1.77 bits per heavy atom. The number of amides is 2. The number of hydrogen-bond acceptors (Lipinski definition) is 6. The number of carbonyl (C=O) groups is 2. The van der Waals surface area contributed by atoms with E-state index in [4.69, 9.17) is 18.9 Å². The fraction of sp³-hybridized carbons (Fsp3) is 0.222. The maximum Gasteiger partial charge on any atom is 0.262 e. The van der Waals surface area contributed by atoms with Crippen LogP contribution in [0.1, 0.15) is 10.4 Å². The lowest BCUT2D eigenvalue weighted by Gasteiger charge is -2.19. The van der Waals surface area contributed by atoms with Gasteiger partial charge in [0.05, 0.1) is 27.0 Å². The van der Waals surface area contributed by atoms with Crippen molar-refractivity contribution in [1.82, 2.24) is 0 Å². The van der Waals surface area contributed by atoms with Crippen molar-refractivity contribution in [1.29, 1.82) is 0 Å². The zero-order valence-corrected chi connectivity index (χ0v) is 14.5. The van der Waals surface area contributed by atoms with Crippen LogP contribution in [0.3, 0.4) is 0 Å². The normalized spacial score (nSPS) is 12.3. The van der Waals surface area contributed by atoms with Crippen LogP contribution < -0.4 is 29.6 Å². The summed E-state index contributed by atoms with van der Waals surface area (Å²) in [5, 5.41) is 5.46. The monoisotopic (exact) mass is 358 g/mol. The molecule has 2 N–H and O–H groups in total. The van der Waals surface area contributed by atoms with Crippen LogP contribution in [0.15, 0.2) is 30.3 Å². The van der Waals surface area contributed by atoms with E-state index in [1.54, 1.807) is 30.3 Å². The second-order valence-corrected chi connectivity index (χ2v) is 5.42. The average molecular weight is 358 g/mol. The Labute approximate surface area is 150 Å². The number of fused-ring (bicyclic) bond motifs is 1. The predicted octanol–water partition coefficient (Wildman–Crippen LogP) is 2.30. The molecule has 2 aromatic carbocycles. The summed E-state index contributed by atoms with van der Waals surface area (Å²) in [4.78, 5) is 24.0. The van der Waals surface area contributed by atoms with Crippen molar-refractivity contribution in [2.75, 3.05) is 38.6 Å². The van der Waals surface area contributed by atoms with Crippen molar-refractivity contribution in [3.05, 3.63) is 35.9 Å².